The zero-order valence-corrected chi connectivity index (χ0v) is 27.7. The van der Waals surface area contributed by atoms with Crippen molar-refractivity contribution < 1.29 is 14.6 Å². The molecule has 6 aliphatic rings. The molecule has 5 aliphatic heterocycles. The zero-order chi connectivity index (χ0) is 33.0. The molecule has 7 nitrogen and oxygen atoms in total. The Morgan fingerprint density at radius 2 is 1.72 bits per heavy atom. The topological polar surface area (TPSA) is 95.6 Å². The van der Waals surface area contributed by atoms with Crippen LogP contribution in [0.3, 0.4) is 0 Å². The molecule has 236 valence electrons. The number of nitrogens with one attached hydrogen (secondary N) is 1. The Kier molecular flexibility index (Phi) is 7.68. The number of esters is 1. The van der Waals surface area contributed by atoms with Crippen molar-refractivity contribution in [2.75, 3.05) is 7.11 Å². The van der Waals surface area contributed by atoms with Crippen molar-refractivity contribution >= 4 is 23.1 Å². The Balaban J connectivity index is 1.45. The molecule has 1 aliphatic carbocycles. The van der Waals surface area contributed by atoms with Gasteiger partial charge in [0.05, 0.1) is 46.9 Å². The Hall–Kier alpha value is -5.22. The maximum absolute atomic E-state index is 12.3. The van der Waals surface area contributed by atoms with E-state index in [-0.39, 0.29) is 17.8 Å². The summed E-state index contributed by atoms with van der Waals surface area (Å²) in [6.45, 7) is 10.5. The van der Waals surface area contributed by atoms with Crippen LogP contribution in [-0.4, -0.2) is 35.3 Å². The fraction of sp³-hybridized carbons (Fsp3) is 0.300. The number of rotatable bonds is 4. The maximum Gasteiger partial charge on any atom is 0.305 e. The minimum atomic E-state index is -0.239. The third kappa shape index (κ3) is 5.18. The first kappa shape index (κ1) is 30.4. The molecule has 1 aromatic rings. The van der Waals surface area contributed by atoms with Crippen molar-refractivity contribution in [2.24, 2.45) is 26.8 Å². The van der Waals surface area contributed by atoms with Gasteiger partial charge in [0.1, 0.15) is 5.76 Å². The summed E-state index contributed by atoms with van der Waals surface area (Å²) >= 11 is 0. The Bertz CT molecular complexity index is 2060. The molecule has 0 radical (unpaired) electrons. The van der Waals surface area contributed by atoms with Gasteiger partial charge in [-0.1, -0.05) is 43.9 Å². The van der Waals surface area contributed by atoms with Crippen LogP contribution in [0.4, 0.5) is 0 Å². The minimum Gasteiger partial charge on any atom is -0.511 e. The SMILES string of the molecule is CCC1=C(C)C2=NC1=CC1=C(C)C3=C(O)CC(=C4NC(=CC5=NC(=C2)C(C#Cc2ccccc2)=C5C)[C@@H](C)[C@@H]4CCC(=O)OC)C3=N1. The van der Waals surface area contributed by atoms with E-state index in [1.54, 1.807) is 0 Å². The number of nitrogens with zero attached hydrogens (tertiary/aromatic N) is 3. The van der Waals surface area contributed by atoms with E-state index in [0.29, 0.717) is 25.0 Å². The molecule has 7 heteroatoms. The average molecular weight is 623 g/mol. The molecule has 47 heavy (non-hydrogen) atoms. The van der Waals surface area contributed by atoms with Crippen LogP contribution in [0.2, 0.25) is 0 Å². The third-order valence-electron chi connectivity index (χ3n) is 10.0. The zero-order valence-electron chi connectivity index (χ0n) is 27.7. The van der Waals surface area contributed by atoms with Crippen molar-refractivity contribution in [3.63, 3.8) is 0 Å². The lowest BCUT2D eigenvalue weighted by Crippen LogP contribution is -2.16. The van der Waals surface area contributed by atoms with Crippen molar-refractivity contribution in [1.82, 2.24) is 5.32 Å². The third-order valence-corrected chi connectivity index (χ3v) is 10.0. The Labute approximate surface area is 276 Å². The van der Waals surface area contributed by atoms with Gasteiger partial charge in [0.2, 0.25) is 0 Å². The van der Waals surface area contributed by atoms with E-state index in [9.17, 15) is 9.90 Å². The maximum atomic E-state index is 12.3. The molecule has 0 aromatic heterocycles. The van der Waals surface area contributed by atoms with E-state index in [1.807, 2.05) is 43.3 Å². The number of methoxy groups -OCH3 is 1. The summed E-state index contributed by atoms with van der Waals surface area (Å²) < 4.78 is 5.01. The summed E-state index contributed by atoms with van der Waals surface area (Å²) in [5.74, 6) is 6.92. The van der Waals surface area contributed by atoms with E-state index in [2.05, 4.69) is 57.0 Å². The second-order valence-corrected chi connectivity index (χ2v) is 12.7. The van der Waals surface area contributed by atoms with E-state index in [0.717, 1.165) is 96.6 Å². The van der Waals surface area contributed by atoms with Gasteiger partial charge in [-0.05, 0) is 86.3 Å². The number of aliphatic hydroxyl groups excluding tert-OH is 1. The number of hydrogen-bond acceptors (Lipinski definition) is 7. The van der Waals surface area contributed by atoms with Gasteiger partial charge in [0.25, 0.3) is 0 Å². The van der Waals surface area contributed by atoms with E-state index >= 15 is 0 Å². The molecule has 8 bridgehead atoms. The normalized spacial score (nSPS) is 22.9. The summed E-state index contributed by atoms with van der Waals surface area (Å²) in [7, 11) is 1.42. The molecule has 7 rings (SSSR count). The standard InChI is InChI=1S/C40H38N4O3/c1-7-26-21(2)31-19-35-27(14-13-25-11-9-8-10-12-25)22(3)30(42-35)18-32-23(4)28(15-16-37(46)47-6)39(43-32)29-17-36(45)38-24(5)33(44-40(29)38)20-34(26)41-31/h8-12,18-20,23,28,43,45H,7,15-17H2,1-6H3/t23-,28-/m0/s1. The van der Waals surface area contributed by atoms with Crippen LogP contribution < -0.4 is 5.32 Å². The van der Waals surface area contributed by atoms with Crippen molar-refractivity contribution in [3.05, 3.63) is 127 Å². The quantitative estimate of drug-likeness (QED) is 0.266. The van der Waals surface area contributed by atoms with Crippen molar-refractivity contribution in [1.29, 1.82) is 0 Å². The van der Waals surface area contributed by atoms with E-state index in [4.69, 9.17) is 19.7 Å². The second kappa shape index (κ2) is 11.9. The number of allylic oxidation sites excluding steroid dienone is 12. The lowest BCUT2D eigenvalue weighted by Gasteiger charge is -2.17. The number of carbonyl (C=O) groups is 1. The molecular formula is C40H38N4O3. The average Bonchev–Trinajstić information content (AvgIpc) is 3.82. The van der Waals surface area contributed by atoms with E-state index in [1.165, 1.54) is 7.11 Å². The second-order valence-electron chi connectivity index (χ2n) is 12.7. The minimum absolute atomic E-state index is 0.00100. The molecule has 0 amide bonds. The van der Waals surface area contributed by atoms with Crippen LogP contribution in [0, 0.1) is 23.7 Å². The van der Waals surface area contributed by atoms with Gasteiger partial charge in [-0.15, -0.1) is 0 Å². The van der Waals surface area contributed by atoms with Crippen LogP contribution in [-0.2, 0) is 9.53 Å². The van der Waals surface area contributed by atoms with Crippen molar-refractivity contribution in [3.8, 4) is 11.8 Å². The molecular weight excluding hydrogens is 584 g/mol. The predicted molar refractivity (Wildman–Crippen MR) is 187 cm³/mol. The first-order chi connectivity index (χ1) is 22.7. The number of hydrogen-bond donors (Lipinski definition) is 2. The Morgan fingerprint density at radius 3 is 2.47 bits per heavy atom. The number of fused-ring (bicyclic) bond motifs is 5. The van der Waals surface area contributed by atoms with Crippen LogP contribution in [0.1, 0.15) is 65.9 Å². The summed E-state index contributed by atoms with van der Waals surface area (Å²) in [5, 5.41) is 15.0. The highest BCUT2D eigenvalue weighted by Crippen LogP contribution is 2.46. The van der Waals surface area contributed by atoms with Crippen LogP contribution in [0.25, 0.3) is 0 Å². The number of aliphatic hydroxyl groups is 1. The predicted octanol–water partition coefficient (Wildman–Crippen LogP) is 7.66. The summed E-state index contributed by atoms with van der Waals surface area (Å²) in [6, 6.07) is 9.98. The van der Waals surface area contributed by atoms with Crippen LogP contribution in [0.5, 0.6) is 0 Å². The van der Waals surface area contributed by atoms with Crippen LogP contribution in [0.15, 0.2) is 137 Å². The smallest absolute Gasteiger partial charge is 0.305 e. The summed E-state index contributed by atoms with van der Waals surface area (Å²) in [4.78, 5) is 27.7. The van der Waals surface area contributed by atoms with Crippen LogP contribution >= 0.6 is 0 Å². The molecule has 2 N–H and O–H groups in total. The lowest BCUT2D eigenvalue weighted by molar-refractivity contribution is -0.140. The largest absolute Gasteiger partial charge is 0.511 e. The fourth-order valence-electron chi connectivity index (χ4n) is 7.29. The highest BCUT2D eigenvalue weighted by molar-refractivity contribution is 6.21. The number of carbonyl (C=O) groups excluding carboxylic acids is 1. The molecule has 0 unspecified atom stereocenters. The van der Waals surface area contributed by atoms with Crippen molar-refractivity contribution in [2.45, 2.75) is 60.3 Å². The molecule has 2 atom stereocenters. The van der Waals surface area contributed by atoms with Gasteiger partial charge in [-0.25, -0.2) is 15.0 Å². The number of benzene rings is 1. The van der Waals surface area contributed by atoms with Gasteiger partial charge in [-0.2, -0.15) is 0 Å². The highest BCUT2D eigenvalue weighted by atomic mass is 16.5. The first-order valence-electron chi connectivity index (χ1n) is 16.3. The molecule has 5 heterocycles. The molecule has 1 saturated heterocycles. The Morgan fingerprint density at radius 1 is 0.979 bits per heavy atom. The highest BCUT2D eigenvalue weighted by Gasteiger charge is 2.41. The molecule has 0 spiro atoms. The monoisotopic (exact) mass is 622 g/mol. The fourth-order valence-corrected chi connectivity index (χ4v) is 7.29. The van der Waals surface area contributed by atoms with Gasteiger partial charge >= 0.3 is 5.97 Å². The molecule has 1 fully saturated rings. The van der Waals surface area contributed by atoms with Gasteiger partial charge in [-0.3, -0.25) is 4.79 Å². The van der Waals surface area contributed by atoms with Gasteiger partial charge < -0.3 is 15.2 Å². The molecule has 1 aromatic carbocycles. The van der Waals surface area contributed by atoms with Gasteiger partial charge in [0, 0.05) is 52.8 Å². The van der Waals surface area contributed by atoms with Gasteiger partial charge in [0.15, 0.2) is 0 Å². The first-order valence-corrected chi connectivity index (χ1v) is 16.3. The summed E-state index contributed by atoms with van der Waals surface area (Å²) in [5.41, 5.74) is 14.8. The molecule has 0 saturated carbocycles. The number of ether oxygens (including phenoxy) is 1. The lowest BCUT2D eigenvalue weighted by atomic mass is 9.86. The number of aliphatic imine (C=N–C) groups is 3. The van der Waals surface area contributed by atoms with E-state index < -0.39 is 0 Å². The summed E-state index contributed by atoms with van der Waals surface area (Å²) in [6.07, 6.45) is 8.33.